The van der Waals surface area contributed by atoms with Gasteiger partial charge >= 0.3 is 0 Å². The fraction of sp³-hybridized carbons (Fsp3) is 0.500. The van der Waals surface area contributed by atoms with E-state index in [1.54, 1.807) is 0 Å². The van der Waals surface area contributed by atoms with Crippen LogP contribution >= 0.6 is 0 Å². The standard InChI is InChI=1S/C34H47N7/c1-6-41-24(4)31(30-12-9-27(19-22(30)2)32-23(3)35-15-16-36-32)20-28-21-37-34(39-33(28)41)38-29-10-7-25(8-11-29)26-13-17-40(5)18-14-26/h7-12,19,26,28,31,34-38H,4,6,13-18,20-21H2,1-3,5H3. The van der Waals surface area contributed by atoms with Crippen LogP contribution in [0.15, 0.2) is 65.4 Å². The zero-order valence-corrected chi connectivity index (χ0v) is 25.3. The second kappa shape index (κ2) is 11.9. The minimum atomic E-state index is -0.136. The van der Waals surface area contributed by atoms with Crippen molar-refractivity contribution in [3.8, 4) is 0 Å². The first-order chi connectivity index (χ1) is 19.9. The third-order valence-corrected chi connectivity index (χ3v) is 9.58. The molecule has 4 aliphatic rings. The molecule has 4 N–H and O–H groups in total. The van der Waals surface area contributed by atoms with Crippen molar-refractivity contribution in [1.82, 2.24) is 25.8 Å². The molecule has 41 heavy (non-hydrogen) atoms. The summed E-state index contributed by atoms with van der Waals surface area (Å²) in [5.41, 5.74) is 10.1. The van der Waals surface area contributed by atoms with Crippen LogP contribution in [0.4, 0.5) is 5.69 Å². The van der Waals surface area contributed by atoms with Crippen LogP contribution in [0.2, 0.25) is 0 Å². The van der Waals surface area contributed by atoms with E-state index in [0.29, 0.717) is 17.8 Å². The molecule has 7 nitrogen and oxygen atoms in total. The molecule has 2 fully saturated rings. The van der Waals surface area contributed by atoms with Crippen LogP contribution in [-0.4, -0.2) is 68.2 Å². The average molecular weight is 554 g/mol. The van der Waals surface area contributed by atoms with E-state index in [1.807, 2.05) is 0 Å². The molecular weight excluding hydrogens is 506 g/mol. The molecule has 6 rings (SSSR count). The second-order valence-corrected chi connectivity index (χ2v) is 12.3. The molecule has 0 amide bonds. The number of fused-ring (bicyclic) bond motifs is 1. The zero-order chi connectivity index (χ0) is 28.5. The summed E-state index contributed by atoms with van der Waals surface area (Å²) in [6.07, 6.45) is 3.39. The Bertz CT molecular complexity index is 1320. The maximum absolute atomic E-state index is 5.19. The van der Waals surface area contributed by atoms with Crippen molar-refractivity contribution in [2.24, 2.45) is 10.9 Å². The third-order valence-electron chi connectivity index (χ3n) is 9.58. The van der Waals surface area contributed by atoms with Crippen LogP contribution in [0.3, 0.4) is 0 Å². The number of benzene rings is 2. The predicted molar refractivity (Wildman–Crippen MR) is 171 cm³/mol. The molecule has 2 saturated heterocycles. The van der Waals surface area contributed by atoms with Crippen LogP contribution in [0, 0.1) is 12.8 Å². The number of nitrogens with one attached hydrogen (secondary N) is 4. The summed E-state index contributed by atoms with van der Waals surface area (Å²) in [7, 11) is 2.22. The van der Waals surface area contributed by atoms with Gasteiger partial charge in [-0.1, -0.05) is 30.8 Å². The van der Waals surface area contributed by atoms with Crippen molar-refractivity contribution in [1.29, 1.82) is 0 Å². The Morgan fingerprint density at radius 2 is 1.76 bits per heavy atom. The first-order valence-corrected chi connectivity index (χ1v) is 15.5. The van der Waals surface area contributed by atoms with E-state index in [-0.39, 0.29) is 6.29 Å². The Balaban J connectivity index is 1.15. The van der Waals surface area contributed by atoms with Gasteiger partial charge in [0.2, 0.25) is 0 Å². The van der Waals surface area contributed by atoms with Gasteiger partial charge in [0.25, 0.3) is 0 Å². The van der Waals surface area contributed by atoms with E-state index in [9.17, 15) is 0 Å². The van der Waals surface area contributed by atoms with Gasteiger partial charge in [0.05, 0.1) is 5.70 Å². The van der Waals surface area contributed by atoms with E-state index in [2.05, 4.69) is 108 Å². The Labute approximate surface area is 246 Å². The molecular formula is C34H47N7. The molecule has 0 aromatic heterocycles. The molecule has 218 valence electrons. The van der Waals surface area contributed by atoms with Crippen molar-refractivity contribution >= 4 is 17.2 Å². The van der Waals surface area contributed by atoms with Crippen molar-refractivity contribution in [2.75, 3.05) is 51.6 Å². The number of likely N-dealkylation sites (tertiary alicyclic amines) is 2. The minimum Gasteiger partial charge on any atom is -0.385 e. The molecule has 3 unspecified atom stereocenters. The summed E-state index contributed by atoms with van der Waals surface area (Å²) in [5.74, 6) is 2.50. The highest BCUT2D eigenvalue weighted by molar-refractivity contribution is 5.89. The number of likely N-dealkylation sites (N-methyl/N-ethyl adjacent to an activating group) is 1. The summed E-state index contributed by atoms with van der Waals surface area (Å²) in [5, 5.41) is 14.4. The normalized spacial score (nSPS) is 25.8. The van der Waals surface area contributed by atoms with E-state index in [1.165, 1.54) is 65.4 Å². The third kappa shape index (κ3) is 5.75. The van der Waals surface area contributed by atoms with Crippen LogP contribution in [0.5, 0.6) is 0 Å². The van der Waals surface area contributed by atoms with E-state index in [0.717, 1.165) is 44.0 Å². The number of allylic oxidation sites excluding steroid dienone is 2. The second-order valence-electron chi connectivity index (χ2n) is 12.3. The topological polar surface area (TPSA) is 67.0 Å². The first kappa shape index (κ1) is 27.9. The lowest BCUT2D eigenvalue weighted by atomic mass is 9.79. The molecule has 4 aliphatic heterocycles. The molecule has 7 heteroatoms. The largest absolute Gasteiger partial charge is 0.385 e. The fourth-order valence-corrected chi connectivity index (χ4v) is 7.17. The van der Waals surface area contributed by atoms with Gasteiger partial charge < -0.3 is 25.8 Å². The molecule has 0 bridgehead atoms. The Kier molecular flexibility index (Phi) is 8.09. The van der Waals surface area contributed by atoms with Crippen LogP contribution in [0.25, 0.3) is 5.70 Å². The molecule has 2 aromatic rings. The number of amidine groups is 1. The van der Waals surface area contributed by atoms with E-state index < -0.39 is 0 Å². The van der Waals surface area contributed by atoms with E-state index in [4.69, 9.17) is 4.99 Å². The molecule has 0 aliphatic carbocycles. The summed E-state index contributed by atoms with van der Waals surface area (Å²) < 4.78 is 0. The molecule has 4 heterocycles. The van der Waals surface area contributed by atoms with Gasteiger partial charge in [0.1, 0.15) is 5.84 Å². The van der Waals surface area contributed by atoms with Gasteiger partial charge in [-0.15, -0.1) is 0 Å². The maximum atomic E-state index is 5.19. The Morgan fingerprint density at radius 3 is 2.46 bits per heavy atom. The van der Waals surface area contributed by atoms with E-state index >= 15 is 0 Å². The smallest absolute Gasteiger partial charge is 0.175 e. The van der Waals surface area contributed by atoms with Gasteiger partial charge in [-0.3, -0.25) is 5.32 Å². The Morgan fingerprint density at radius 1 is 1.00 bits per heavy atom. The van der Waals surface area contributed by atoms with Crippen molar-refractivity contribution in [3.63, 3.8) is 0 Å². The number of aliphatic imine (C=N–C) groups is 1. The summed E-state index contributed by atoms with van der Waals surface area (Å²) >= 11 is 0. The summed E-state index contributed by atoms with van der Waals surface area (Å²) in [6.45, 7) is 17.3. The van der Waals surface area contributed by atoms with Crippen molar-refractivity contribution in [2.45, 2.75) is 58.2 Å². The number of aryl methyl sites for hydroxylation is 1. The van der Waals surface area contributed by atoms with Crippen LogP contribution in [-0.2, 0) is 0 Å². The van der Waals surface area contributed by atoms with Gasteiger partial charge in [-0.05, 0) is 107 Å². The number of nitrogens with zero attached hydrogens (tertiary/aromatic N) is 3. The highest BCUT2D eigenvalue weighted by Gasteiger charge is 2.38. The van der Waals surface area contributed by atoms with Gasteiger partial charge in [-0.2, -0.15) is 0 Å². The molecule has 0 saturated carbocycles. The fourth-order valence-electron chi connectivity index (χ4n) is 7.17. The predicted octanol–water partition coefficient (Wildman–Crippen LogP) is 5.02. The van der Waals surface area contributed by atoms with Crippen LogP contribution in [0.1, 0.15) is 67.2 Å². The highest BCUT2D eigenvalue weighted by atomic mass is 15.3. The lowest BCUT2D eigenvalue weighted by molar-refractivity contribution is 0.255. The molecule has 0 radical (unpaired) electrons. The molecule has 0 spiro atoms. The zero-order valence-electron chi connectivity index (χ0n) is 25.3. The quantitative estimate of drug-likeness (QED) is 0.403. The first-order valence-electron chi connectivity index (χ1n) is 15.5. The molecule has 2 aromatic carbocycles. The number of hydrogen-bond acceptors (Lipinski definition) is 7. The Hall–Kier alpha value is -3.29. The van der Waals surface area contributed by atoms with Gasteiger partial charge in [0.15, 0.2) is 6.29 Å². The summed E-state index contributed by atoms with van der Waals surface area (Å²) in [4.78, 5) is 9.98. The number of hydrogen-bond donors (Lipinski definition) is 4. The van der Waals surface area contributed by atoms with Crippen molar-refractivity contribution in [3.05, 3.63) is 82.7 Å². The molecule has 3 atom stereocenters. The number of rotatable bonds is 6. The van der Waals surface area contributed by atoms with Crippen LogP contribution < -0.4 is 21.3 Å². The minimum absolute atomic E-state index is 0.136. The lowest BCUT2D eigenvalue weighted by Crippen LogP contribution is -2.53. The highest BCUT2D eigenvalue weighted by Crippen LogP contribution is 2.41. The number of anilines is 1. The summed E-state index contributed by atoms with van der Waals surface area (Å²) in [6, 6.07) is 16.0. The average Bonchev–Trinajstić information content (AvgIpc) is 2.98. The van der Waals surface area contributed by atoms with Gasteiger partial charge in [-0.25, -0.2) is 4.99 Å². The van der Waals surface area contributed by atoms with Crippen molar-refractivity contribution < 1.29 is 0 Å². The number of piperidine rings is 2. The lowest BCUT2D eigenvalue weighted by Gasteiger charge is -2.45. The SMILES string of the molecule is C=C1C(c2ccc(C3=C(C)NCCN3)cc2C)CC2CNC(Nc3ccc(C4CCN(C)CC4)cc3)N=C2N1CC. The van der Waals surface area contributed by atoms with Gasteiger partial charge in [0, 0.05) is 55.1 Å². The monoisotopic (exact) mass is 553 g/mol. The maximum Gasteiger partial charge on any atom is 0.175 e.